The second kappa shape index (κ2) is 18.0. The highest BCUT2D eigenvalue weighted by atomic mass is 19.3. The molecule has 1 saturated carbocycles. The Kier molecular flexibility index (Phi) is 12.1. The second-order valence-electron chi connectivity index (χ2n) is 17.0. The molecule has 2 unspecified atom stereocenters. The molecule has 19 heteroatoms. The van der Waals surface area contributed by atoms with Crippen molar-refractivity contribution < 1.29 is 32.6 Å². The SMILES string of the molecule is CN1CCC(OCC#Cc2cccc3c2n(C)c(=O)n3C2CCC(=O)NC2=O)CC1.O=C(Nc1cn(C2CCCCC2)nc1C(F)F)c1cnn2ccc(N3CC4C[C@@H]3CO4)nc12. The Balaban J connectivity index is 0.000000161. The maximum Gasteiger partial charge on any atom is 0.329 e. The summed E-state index contributed by atoms with van der Waals surface area (Å²) in [5, 5.41) is 13.3. The molecule has 0 radical (unpaired) electrons. The lowest BCUT2D eigenvalue weighted by atomic mass is 9.96. The lowest BCUT2D eigenvalue weighted by Gasteiger charge is -2.28. The summed E-state index contributed by atoms with van der Waals surface area (Å²) in [5.41, 5.74) is 1.97. The first kappa shape index (κ1) is 42.3. The fourth-order valence-electron chi connectivity index (χ4n) is 9.46. The monoisotopic (exact) mass is 867 g/mol. The third kappa shape index (κ3) is 8.71. The van der Waals surface area contributed by atoms with Crippen LogP contribution in [0.4, 0.5) is 20.3 Å². The number of nitrogens with zero attached hydrogens (tertiary/aromatic N) is 9. The van der Waals surface area contributed by atoms with E-state index in [1.807, 2.05) is 18.2 Å². The van der Waals surface area contributed by atoms with E-state index < -0.39 is 30.0 Å². The zero-order chi connectivity index (χ0) is 43.8. The van der Waals surface area contributed by atoms with Crippen molar-refractivity contribution in [2.24, 2.45) is 7.05 Å². The molecule has 17 nitrogen and oxygen atoms in total. The summed E-state index contributed by atoms with van der Waals surface area (Å²) in [4.78, 5) is 59.0. The van der Waals surface area contributed by atoms with E-state index in [9.17, 15) is 28.0 Å². The van der Waals surface area contributed by atoms with Gasteiger partial charge in [-0.2, -0.15) is 10.2 Å². The number of benzene rings is 1. The first-order valence-corrected chi connectivity index (χ1v) is 21.8. The number of fused-ring (bicyclic) bond motifs is 4. The molecule has 5 fully saturated rings. The van der Waals surface area contributed by atoms with E-state index in [-0.39, 0.29) is 53.6 Å². The smallest absolute Gasteiger partial charge is 0.329 e. The first-order valence-electron chi connectivity index (χ1n) is 21.8. The highest BCUT2D eigenvalue weighted by molar-refractivity contribution is 6.08. The number of imide groups is 1. The molecule has 3 amide bonds. The Labute approximate surface area is 361 Å². The average Bonchev–Trinajstić information content (AvgIpc) is 4.14. The highest BCUT2D eigenvalue weighted by Gasteiger charge is 2.40. The van der Waals surface area contributed by atoms with Gasteiger partial charge in [0.25, 0.3) is 12.3 Å². The minimum Gasteiger partial charge on any atom is -0.374 e. The van der Waals surface area contributed by atoms with Crippen LogP contribution in [0.15, 0.2) is 47.7 Å². The number of carbonyl (C=O) groups excluding carboxylic acids is 3. The van der Waals surface area contributed by atoms with Gasteiger partial charge in [-0.15, -0.1) is 0 Å². The van der Waals surface area contributed by atoms with Crippen LogP contribution in [0.25, 0.3) is 16.7 Å². The van der Waals surface area contributed by atoms with Crippen molar-refractivity contribution in [3.05, 3.63) is 70.2 Å². The molecule has 5 aromatic rings. The number of morpholine rings is 1. The molecule has 2 bridgehead atoms. The Morgan fingerprint density at radius 2 is 1.86 bits per heavy atom. The maximum atomic E-state index is 13.7. The van der Waals surface area contributed by atoms with Crippen LogP contribution in [0.5, 0.6) is 0 Å². The van der Waals surface area contributed by atoms with Crippen molar-refractivity contribution in [3.63, 3.8) is 0 Å². The van der Waals surface area contributed by atoms with Crippen molar-refractivity contribution in [2.45, 2.75) is 101 Å². The molecule has 4 aromatic heterocycles. The van der Waals surface area contributed by atoms with Crippen LogP contribution in [0.1, 0.15) is 104 Å². The second-order valence-corrected chi connectivity index (χ2v) is 17.0. The van der Waals surface area contributed by atoms with Gasteiger partial charge in [0.05, 0.1) is 59.4 Å². The number of carbonyl (C=O) groups is 3. The Morgan fingerprint density at radius 3 is 2.59 bits per heavy atom. The van der Waals surface area contributed by atoms with Gasteiger partial charge in [0.1, 0.15) is 24.0 Å². The van der Waals surface area contributed by atoms with E-state index in [4.69, 9.17) is 9.47 Å². The van der Waals surface area contributed by atoms with Gasteiger partial charge in [-0.3, -0.25) is 33.5 Å². The van der Waals surface area contributed by atoms with Crippen LogP contribution >= 0.6 is 0 Å². The van der Waals surface area contributed by atoms with Crippen molar-refractivity contribution in [1.29, 1.82) is 0 Å². The topological polar surface area (TPSA) is 175 Å². The molecule has 3 atom stereocenters. The molecular weight excluding hydrogens is 817 g/mol. The van der Waals surface area contributed by atoms with Crippen LogP contribution in [-0.4, -0.2) is 114 Å². The number of amides is 3. The van der Waals surface area contributed by atoms with Gasteiger partial charge in [-0.1, -0.05) is 37.2 Å². The first-order chi connectivity index (χ1) is 30.5. The molecule has 332 valence electrons. The molecule has 5 aliphatic rings. The van der Waals surface area contributed by atoms with Crippen LogP contribution in [0.2, 0.25) is 0 Å². The van der Waals surface area contributed by atoms with E-state index in [1.165, 1.54) is 26.0 Å². The number of aryl methyl sites for hydroxylation is 1. The normalized spacial score (nSPS) is 22.0. The highest BCUT2D eigenvalue weighted by Crippen LogP contribution is 2.34. The Bertz CT molecular complexity index is 2650. The number of piperidine rings is 2. The van der Waals surface area contributed by atoms with Gasteiger partial charge in [-0.05, 0) is 63.8 Å². The number of rotatable bonds is 8. The molecule has 1 aliphatic carbocycles. The van der Waals surface area contributed by atoms with E-state index in [0.717, 1.165) is 76.8 Å². The number of alkyl halides is 2. The van der Waals surface area contributed by atoms with Crippen LogP contribution in [0.3, 0.4) is 0 Å². The third-order valence-electron chi connectivity index (χ3n) is 12.9. The minimum absolute atomic E-state index is 0.0325. The lowest BCUT2D eigenvalue weighted by molar-refractivity contribution is -0.135. The average molecular weight is 868 g/mol. The summed E-state index contributed by atoms with van der Waals surface area (Å²) >= 11 is 0. The zero-order valence-corrected chi connectivity index (χ0v) is 35.3. The summed E-state index contributed by atoms with van der Waals surface area (Å²) in [6, 6.07) is 7.03. The number of anilines is 2. The number of aromatic nitrogens is 7. The van der Waals surface area contributed by atoms with Crippen molar-refractivity contribution in [1.82, 2.24) is 43.7 Å². The molecule has 2 N–H and O–H groups in total. The van der Waals surface area contributed by atoms with E-state index in [2.05, 4.69) is 54.5 Å². The predicted molar refractivity (Wildman–Crippen MR) is 228 cm³/mol. The summed E-state index contributed by atoms with van der Waals surface area (Å²) < 4.78 is 45.0. The molecular formula is C44H51F2N11O6. The van der Waals surface area contributed by atoms with Gasteiger partial charge < -0.3 is 24.6 Å². The number of halogens is 2. The largest absolute Gasteiger partial charge is 0.374 e. The third-order valence-corrected chi connectivity index (χ3v) is 12.9. The summed E-state index contributed by atoms with van der Waals surface area (Å²) in [6.45, 7) is 3.85. The molecule has 63 heavy (non-hydrogen) atoms. The summed E-state index contributed by atoms with van der Waals surface area (Å²) in [6.07, 6.45) is 11.0. The quantitative estimate of drug-likeness (QED) is 0.167. The van der Waals surface area contributed by atoms with Crippen molar-refractivity contribution in [3.8, 4) is 11.8 Å². The molecule has 4 saturated heterocycles. The number of hydrogen-bond donors (Lipinski definition) is 2. The number of ether oxygens (including phenoxy) is 2. The molecule has 10 rings (SSSR count). The van der Waals surface area contributed by atoms with Gasteiger partial charge in [0.15, 0.2) is 11.3 Å². The van der Waals surface area contributed by atoms with Gasteiger partial charge in [-0.25, -0.2) is 23.1 Å². The molecule has 0 spiro atoms. The van der Waals surface area contributed by atoms with E-state index >= 15 is 0 Å². The summed E-state index contributed by atoms with van der Waals surface area (Å²) in [7, 11) is 3.79. The zero-order valence-electron chi connectivity index (χ0n) is 35.3. The fraction of sp³-hybridized carbons (Fsp3) is 0.523. The Morgan fingerprint density at radius 1 is 1.05 bits per heavy atom. The van der Waals surface area contributed by atoms with E-state index in [0.29, 0.717) is 41.9 Å². The van der Waals surface area contributed by atoms with Gasteiger partial charge in [0, 0.05) is 45.5 Å². The van der Waals surface area contributed by atoms with E-state index in [1.54, 1.807) is 24.0 Å². The fourth-order valence-corrected chi connectivity index (χ4v) is 9.46. The van der Waals surface area contributed by atoms with Crippen LogP contribution in [-0.2, 0) is 26.1 Å². The number of para-hydroxylation sites is 1. The van der Waals surface area contributed by atoms with Crippen molar-refractivity contribution in [2.75, 3.05) is 50.1 Å². The number of likely N-dealkylation sites (tertiary alicyclic amines) is 1. The Hall–Kier alpha value is -5.97. The van der Waals surface area contributed by atoms with Gasteiger partial charge in [0.2, 0.25) is 11.8 Å². The summed E-state index contributed by atoms with van der Waals surface area (Å²) in [5.74, 6) is 5.67. The molecule has 8 heterocycles. The van der Waals surface area contributed by atoms with Gasteiger partial charge >= 0.3 is 5.69 Å². The lowest BCUT2D eigenvalue weighted by Crippen LogP contribution is -2.44. The van der Waals surface area contributed by atoms with Crippen LogP contribution in [0, 0.1) is 11.8 Å². The molecule has 4 aliphatic heterocycles. The molecule has 1 aromatic carbocycles. The number of hydrogen-bond acceptors (Lipinski definition) is 11. The van der Waals surface area contributed by atoms with Crippen molar-refractivity contribution >= 4 is 45.9 Å². The number of nitrogens with one attached hydrogen (secondary N) is 2. The minimum atomic E-state index is -2.79. The predicted octanol–water partition coefficient (Wildman–Crippen LogP) is 4.38. The number of imidazole rings is 1. The van der Waals surface area contributed by atoms with Crippen LogP contribution < -0.4 is 21.2 Å². The maximum absolute atomic E-state index is 13.7. The standard InChI is InChI=1S/C22H25F2N7O2.C22H26N4O4/c23-20(24)19-17(11-31(28-19)13-4-2-1-3-5-13)26-22(32)16-9-25-30-7-6-18(27-21(16)30)29-10-15-8-14(29)12-33-15;1-24-12-10-16(11-13-24)30-14-4-6-15-5-3-7-17-20(15)25(2)22(29)26(17)18-8-9-19(27)23-21(18)28/h6-7,9,11,13-15,20H,1-5,8,10,12H2,(H,26,32);3,5,7,16,18H,8-14H2,1-2H3,(H,23,27,28)/t14-,15?;/m1./s1.